The van der Waals surface area contributed by atoms with Crippen LogP contribution in [0.1, 0.15) is 62.3 Å². The topological polar surface area (TPSA) is 0 Å². The fourth-order valence-electron chi connectivity index (χ4n) is 0. The average molecular weight is 257 g/mol. The van der Waals surface area contributed by atoms with Crippen molar-refractivity contribution in [1.29, 1.82) is 0 Å². The van der Waals surface area contributed by atoms with Crippen LogP contribution in [0.3, 0.4) is 0 Å². The molecule has 13 heavy (non-hydrogen) atoms. The van der Waals surface area contributed by atoms with Gasteiger partial charge in [-0.1, -0.05) is 0 Å². The van der Waals surface area contributed by atoms with Gasteiger partial charge in [0, 0.05) is 0 Å². The van der Waals surface area contributed by atoms with E-state index < -0.39 is 0 Å². The molecule has 0 N–H and O–H groups in total. The smallest absolute Gasteiger partial charge is 0.323 e. The van der Waals surface area contributed by atoms with E-state index in [1.807, 2.05) is 0 Å². The molecule has 0 unspecified atom stereocenters. The minimum atomic E-state index is 0. The van der Waals surface area contributed by atoms with Gasteiger partial charge in [0.05, 0.1) is 0 Å². The van der Waals surface area contributed by atoms with Crippen molar-refractivity contribution in [3.63, 3.8) is 0 Å². The SMILES string of the molecule is C[C-](C)C.C[C-](C)C.C[C-](C)C.[Rb+]. The first-order valence-corrected chi connectivity index (χ1v) is 4.50. The first-order valence-electron chi connectivity index (χ1n) is 4.50. The molecule has 0 heterocycles. The molecule has 78 valence electrons. The van der Waals surface area contributed by atoms with Gasteiger partial charge in [0.15, 0.2) is 0 Å². The van der Waals surface area contributed by atoms with Gasteiger partial charge in [0.25, 0.3) is 0 Å². The molecule has 0 aliphatic rings. The van der Waals surface area contributed by atoms with Crippen LogP contribution in [0.4, 0.5) is 0 Å². The molecule has 0 amide bonds. The maximum atomic E-state index is 2.08. The zero-order valence-corrected chi connectivity index (χ0v) is 16.4. The zero-order valence-electron chi connectivity index (χ0n) is 11.5. The third kappa shape index (κ3) is 590. The van der Waals surface area contributed by atoms with E-state index in [1.165, 1.54) is 17.8 Å². The maximum absolute atomic E-state index is 2.08. The summed E-state index contributed by atoms with van der Waals surface area (Å²) >= 11 is 0. The van der Waals surface area contributed by atoms with Crippen LogP contribution in [-0.4, -0.2) is 0 Å². The molecule has 1 heteroatoms. The van der Waals surface area contributed by atoms with Gasteiger partial charge in [-0.3, -0.25) is 0 Å². The van der Waals surface area contributed by atoms with Gasteiger partial charge in [0.2, 0.25) is 0 Å². The first-order chi connectivity index (χ1) is 5.20. The molecule has 0 saturated heterocycles. The Morgan fingerprint density at radius 2 is 0.385 bits per heavy atom. The van der Waals surface area contributed by atoms with Crippen molar-refractivity contribution in [2.24, 2.45) is 0 Å². The number of rotatable bonds is 0. The summed E-state index contributed by atoms with van der Waals surface area (Å²) in [7, 11) is 0. The molecular weight excluding hydrogens is 230 g/mol. The standard InChI is InChI=1S/3C4H9.Rb/c3*1-4(2)3;/h3*1-3H3;/q3*-1;+1. The van der Waals surface area contributed by atoms with Crippen molar-refractivity contribution in [2.45, 2.75) is 62.3 Å². The molecule has 0 aromatic carbocycles. The largest absolute Gasteiger partial charge is 1.00 e. The molecule has 0 rings (SSSR count). The van der Waals surface area contributed by atoms with Crippen LogP contribution >= 0.6 is 0 Å². The van der Waals surface area contributed by atoms with E-state index in [2.05, 4.69) is 62.3 Å². The van der Waals surface area contributed by atoms with Crippen LogP contribution in [0, 0.1) is 17.8 Å². The van der Waals surface area contributed by atoms with Crippen LogP contribution in [-0.2, 0) is 0 Å². The van der Waals surface area contributed by atoms with Crippen molar-refractivity contribution in [2.75, 3.05) is 0 Å². The van der Waals surface area contributed by atoms with Crippen LogP contribution < -0.4 is 58.2 Å². The minimum Gasteiger partial charge on any atom is -0.323 e. The molecule has 0 atom stereocenters. The Labute approximate surface area is 136 Å². The Kier molecular flexibility index (Phi) is 36.0. The predicted octanol–water partition coefficient (Wildman–Crippen LogP) is 1.87. The molecule has 0 fully saturated rings. The monoisotopic (exact) mass is 256 g/mol. The second-order valence-electron chi connectivity index (χ2n) is 4.50. The van der Waals surface area contributed by atoms with E-state index in [9.17, 15) is 0 Å². The molecule has 0 saturated carbocycles. The van der Waals surface area contributed by atoms with Gasteiger partial charge in [-0.05, 0) is 0 Å². The minimum absolute atomic E-state index is 0. The predicted molar refractivity (Wildman–Crippen MR) is 60.8 cm³/mol. The molecule has 0 aliphatic carbocycles. The fraction of sp³-hybridized carbons (Fsp3) is 0.750. The maximum Gasteiger partial charge on any atom is 1.00 e. The zero-order chi connectivity index (χ0) is 10.7. The summed E-state index contributed by atoms with van der Waals surface area (Å²) in [6, 6.07) is 0. The number of hydrogen-bond acceptors (Lipinski definition) is 0. The van der Waals surface area contributed by atoms with Crippen molar-refractivity contribution >= 4 is 0 Å². The van der Waals surface area contributed by atoms with Crippen molar-refractivity contribution in [1.82, 2.24) is 0 Å². The summed E-state index contributed by atoms with van der Waals surface area (Å²) < 4.78 is 0. The molecule has 0 bridgehead atoms. The molecule has 0 radical (unpaired) electrons. The molecular formula is C12H27Rb-2. The summed E-state index contributed by atoms with van der Waals surface area (Å²) in [5.74, 6) is 4.25. The van der Waals surface area contributed by atoms with Crippen molar-refractivity contribution in [3.05, 3.63) is 17.8 Å². The van der Waals surface area contributed by atoms with Crippen molar-refractivity contribution in [3.8, 4) is 0 Å². The van der Waals surface area contributed by atoms with E-state index in [0.29, 0.717) is 0 Å². The normalized spacial score (nSPS) is 8.31. The summed E-state index contributed by atoms with van der Waals surface area (Å²) in [4.78, 5) is 0. The van der Waals surface area contributed by atoms with E-state index in [-0.39, 0.29) is 58.2 Å². The summed E-state index contributed by atoms with van der Waals surface area (Å²) in [6.45, 7) is 18.8. The van der Waals surface area contributed by atoms with Crippen LogP contribution in [0.25, 0.3) is 0 Å². The fourth-order valence-corrected chi connectivity index (χ4v) is 0. The average Bonchev–Trinajstić information content (AvgIpc) is 1.54. The summed E-state index contributed by atoms with van der Waals surface area (Å²) in [6.07, 6.45) is 0. The van der Waals surface area contributed by atoms with Crippen molar-refractivity contribution < 1.29 is 58.2 Å². The Morgan fingerprint density at radius 1 is 0.385 bits per heavy atom. The third-order valence-electron chi connectivity index (χ3n) is 0. The van der Waals surface area contributed by atoms with E-state index in [0.717, 1.165) is 0 Å². The second-order valence-corrected chi connectivity index (χ2v) is 4.50. The molecule has 0 aliphatic heterocycles. The molecule has 0 aromatic rings. The Bertz CT molecular complexity index is 33.6. The van der Waals surface area contributed by atoms with Crippen LogP contribution in [0.15, 0.2) is 0 Å². The van der Waals surface area contributed by atoms with Gasteiger partial charge >= 0.3 is 58.2 Å². The molecule has 0 aromatic heterocycles. The van der Waals surface area contributed by atoms with Crippen LogP contribution in [0.2, 0.25) is 0 Å². The van der Waals surface area contributed by atoms with Gasteiger partial charge in [0.1, 0.15) is 0 Å². The van der Waals surface area contributed by atoms with Gasteiger partial charge in [-0.2, -0.15) is 62.3 Å². The Balaban J connectivity index is -0.0000000450. The summed E-state index contributed by atoms with van der Waals surface area (Å²) in [5.41, 5.74) is 0. The Hall–Kier alpha value is 1.81. The van der Waals surface area contributed by atoms with E-state index in [4.69, 9.17) is 0 Å². The van der Waals surface area contributed by atoms with Gasteiger partial charge < -0.3 is 17.8 Å². The second kappa shape index (κ2) is 19.4. The van der Waals surface area contributed by atoms with E-state index in [1.54, 1.807) is 0 Å². The quantitative estimate of drug-likeness (QED) is 0.581. The summed E-state index contributed by atoms with van der Waals surface area (Å²) in [5, 5.41) is 0. The molecule has 0 spiro atoms. The van der Waals surface area contributed by atoms with Gasteiger partial charge in [-0.15, -0.1) is 0 Å². The number of hydrogen-bond donors (Lipinski definition) is 0. The van der Waals surface area contributed by atoms with E-state index >= 15 is 0 Å². The van der Waals surface area contributed by atoms with Crippen LogP contribution in [0.5, 0.6) is 0 Å². The Morgan fingerprint density at radius 3 is 0.385 bits per heavy atom. The third-order valence-corrected chi connectivity index (χ3v) is 0. The molecule has 0 nitrogen and oxygen atoms in total. The first kappa shape index (κ1) is 24.2. The van der Waals surface area contributed by atoms with Gasteiger partial charge in [-0.25, -0.2) is 0 Å².